The summed E-state index contributed by atoms with van der Waals surface area (Å²) in [6.07, 6.45) is 1.59. The van der Waals surface area contributed by atoms with Crippen LogP contribution in [0.15, 0.2) is 41.0 Å². The van der Waals surface area contributed by atoms with E-state index >= 15 is 0 Å². The van der Waals surface area contributed by atoms with Crippen molar-refractivity contribution in [3.63, 3.8) is 0 Å². The van der Waals surface area contributed by atoms with E-state index in [4.69, 9.17) is 21.7 Å². The predicted octanol–water partition coefficient (Wildman–Crippen LogP) is 2.77. The number of benzene rings is 1. The Morgan fingerprint density at radius 3 is 2.80 bits per heavy atom. The van der Waals surface area contributed by atoms with E-state index in [1.807, 2.05) is 6.07 Å². The van der Waals surface area contributed by atoms with Crippen molar-refractivity contribution in [2.45, 2.75) is 13.5 Å². The first-order valence-electron chi connectivity index (χ1n) is 5.98. The van der Waals surface area contributed by atoms with Gasteiger partial charge in [-0.25, -0.2) is 4.79 Å². The Morgan fingerprint density at radius 1 is 1.35 bits per heavy atom. The molecule has 3 N–H and O–H groups in total. The molecule has 6 heteroatoms. The first kappa shape index (κ1) is 14.1. The maximum atomic E-state index is 11.1. The monoisotopic (exact) mass is 290 g/mol. The number of hydrogen-bond acceptors (Lipinski definition) is 3. The minimum absolute atomic E-state index is 0.254. The molecule has 0 aliphatic heterocycles. The fourth-order valence-electron chi connectivity index (χ4n) is 1.75. The molecule has 5 nitrogen and oxygen atoms in total. The molecule has 104 valence electrons. The summed E-state index contributed by atoms with van der Waals surface area (Å²) >= 11 is 5.17. The van der Waals surface area contributed by atoms with Crippen molar-refractivity contribution < 1.29 is 14.3 Å². The molecule has 0 bridgehead atoms. The normalized spacial score (nSPS) is 10.1. The Balaban J connectivity index is 2.01. The van der Waals surface area contributed by atoms with E-state index in [2.05, 4.69) is 10.6 Å². The molecule has 0 radical (unpaired) electrons. The summed E-state index contributed by atoms with van der Waals surface area (Å²) in [4.78, 5) is 11.1. The van der Waals surface area contributed by atoms with Crippen LogP contribution in [0.4, 0.5) is 5.69 Å². The summed E-state index contributed by atoms with van der Waals surface area (Å²) in [5.74, 6) is -0.189. The molecule has 0 saturated heterocycles. The second kappa shape index (κ2) is 6.21. The SMILES string of the molecule is Cc1c(NC(=S)NCc2ccco2)cccc1C(=O)O. The van der Waals surface area contributed by atoms with Crippen LogP contribution >= 0.6 is 12.2 Å². The second-order valence-corrected chi connectivity index (χ2v) is 4.58. The zero-order chi connectivity index (χ0) is 14.5. The van der Waals surface area contributed by atoms with Crippen molar-refractivity contribution in [3.05, 3.63) is 53.5 Å². The molecule has 2 rings (SSSR count). The standard InChI is InChI=1S/C14H14N2O3S/c1-9-11(13(17)18)5-2-6-12(9)16-14(20)15-8-10-4-3-7-19-10/h2-7H,8H2,1H3,(H,17,18)(H2,15,16,20). The maximum absolute atomic E-state index is 11.1. The number of furan rings is 1. The third-order valence-corrected chi connectivity index (χ3v) is 3.06. The van der Waals surface area contributed by atoms with Crippen molar-refractivity contribution in [2.75, 3.05) is 5.32 Å². The van der Waals surface area contributed by atoms with E-state index in [0.717, 1.165) is 5.76 Å². The summed E-state index contributed by atoms with van der Waals surface area (Å²) in [5.41, 5.74) is 1.56. The average Bonchev–Trinajstić information content (AvgIpc) is 2.91. The van der Waals surface area contributed by atoms with Crippen LogP contribution in [0.5, 0.6) is 0 Å². The smallest absolute Gasteiger partial charge is 0.336 e. The van der Waals surface area contributed by atoms with Gasteiger partial charge in [0, 0.05) is 5.69 Å². The van der Waals surface area contributed by atoms with Gasteiger partial charge in [-0.2, -0.15) is 0 Å². The number of carboxylic acid groups (broad SMARTS) is 1. The molecule has 0 saturated carbocycles. The highest BCUT2D eigenvalue weighted by Gasteiger charge is 2.10. The van der Waals surface area contributed by atoms with E-state index in [-0.39, 0.29) is 5.56 Å². The maximum Gasteiger partial charge on any atom is 0.336 e. The van der Waals surface area contributed by atoms with Gasteiger partial charge in [0.05, 0.1) is 18.4 Å². The summed E-state index contributed by atoms with van der Waals surface area (Å²) in [6.45, 7) is 2.21. The molecule has 0 aliphatic carbocycles. The molecular formula is C14H14N2O3S. The number of hydrogen-bond donors (Lipinski definition) is 3. The third-order valence-electron chi connectivity index (χ3n) is 2.82. The van der Waals surface area contributed by atoms with Crippen LogP contribution in [0.2, 0.25) is 0 Å². The number of nitrogens with one attached hydrogen (secondary N) is 2. The van der Waals surface area contributed by atoms with Gasteiger partial charge in [-0.15, -0.1) is 0 Å². The van der Waals surface area contributed by atoms with Gasteiger partial charge in [0.25, 0.3) is 0 Å². The van der Waals surface area contributed by atoms with Crippen molar-refractivity contribution >= 4 is 29.0 Å². The molecule has 1 aromatic heterocycles. The number of thiocarbonyl (C=S) groups is 1. The molecule has 0 unspecified atom stereocenters. The van der Waals surface area contributed by atoms with Crippen LogP contribution in [0.3, 0.4) is 0 Å². The molecule has 2 aromatic rings. The number of carboxylic acids is 1. The molecule has 0 amide bonds. The van der Waals surface area contributed by atoms with E-state index < -0.39 is 5.97 Å². The Kier molecular flexibility index (Phi) is 4.37. The highest BCUT2D eigenvalue weighted by molar-refractivity contribution is 7.80. The molecule has 0 aliphatic rings. The average molecular weight is 290 g/mol. The van der Waals surface area contributed by atoms with Gasteiger partial charge in [-0.3, -0.25) is 0 Å². The largest absolute Gasteiger partial charge is 0.478 e. The minimum Gasteiger partial charge on any atom is -0.478 e. The Bertz CT molecular complexity index is 623. The molecule has 20 heavy (non-hydrogen) atoms. The number of aromatic carboxylic acids is 1. The van der Waals surface area contributed by atoms with Crippen molar-refractivity contribution in [3.8, 4) is 0 Å². The first-order valence-corrected chi connectivity index (χ1v) is 6.39. The van der Waals surface area contributed by atoms with Crippen molar-refractivity contribution in [1.82, 2.24) is 5.32 Å². The second-order valence-electron chi connectivity index (χ2n) is 4.17. The third kappa shape index (κ3) is 3.36. The number of anilines is 1. The lowest BCUT2D eigenvalue weighted by Gasteiger charge is -2.13. The zero-order valence-electron chi connectivity index (χ0n) is 10.8. The molecule has 0 spiro atoms. The van der Waals surface area contributed by atoms with E-state index in [9.17, 15) is 4.79 Å². The number of rotatable bonds is 4. The molecular weight excluding hydrogens is 276 g/mol. The zero-order valence-corrected chi connectivity index (χ0v) is 11.7. The van der Waals surface area contributed by atoms with Gasteiger partial charge in [0.15, 0.2) is 5.11 Å². The summed E-state index contributed by atoms with van der Waals surface area (Å²) in [7, 11) is 0. The van der Waals surface area contributed by atoms with E-state index in [1.165, 1.54) is 0 Å². The van der Waals surface area contributed by atoms with Crippen LogP contribution < -0.4 is 10.6 Å². The Labute approximate surface area is 121 Å². The van der Waals surface area contributed by atoms with Crippen LogP contribution in [0.1, 0.15) is 21.7 Å². The predicted molar refractivity (Wildman–Crippen MR) is 79.9 cm³/mol. The topological polar surface area (TPSA) is 74.5 Å². The molecule has 1 heterocycles. The highest BCUT2D eigenvalue weighted by atomic mass is 32.1. The lowest BCUT2D eigenvalue weighted by atomic mass is 10.1. The fraction of sp³-hybridized carbons (Fsp3) is 0.143. The molecule has 0 fully saturated rings. The van der Waals surface area contributed by atoms with Crippen molar-refractivity contribution in [2.24, 2.45) is 0 Å². The van der Waals surface area contributed by atoms with Crippen molar-refractivity contribution in [1.29, 1.82) is 0 Å². The van der Waals surface area contributed by atoms with Gasteiger partial charge in [0.2, 0.25) is 0 Å². The minimum atomic E-state index is -0.958. The highest BCUT2D eigenvalue weighted by Crippen LogP contribution is 2.18. The van der Waals surface area contributed by atoms with Crippen LogP contribution in [0.25, 0.3) is 0 Å². The van der Waals surface area contributed by atoms with E-state index in [0.29, 0.717) is 22.9 Å². The fourth-order valence-corrected chi connectivity index (χ4v) is 1.93. The molecule has 0 atom stereocenters. The quantitative estimate of drug-likeness (QED) is 0.752. The van der Waals surface area contributed by atoms with E-state index in [1.54, 1.807) is 37.5 Å². The van der Waals surface area contributed by atoms with Crippen LogP contribution in [-0.2, 0) is 6.54 Å². The van der Waals surface area contributed by atoms with Gasteiger partial charge >= 0.3 is 5.97 Å². The summed E-state index contributed by atoms with van der Waals surface area (Å²) in [5, 5.41) is 15.4. The van der Waals surface area contributed by atoms with Gasteiger partial charge in [-0.05, 0) is 49.0 Å². The van der Waals surface area contributed by atoms with Gasteiger partial charge in [0.1, 0.15) is 5.76 Å². The summed E-state index contributed by atoms with van der Waals surface area (Å²) < 4.78 is 5.18. The summed E-state index contributed by atoms with van der Waals surface area (Å²) in [6, 6.07) is 8.65. The lowest BCUT2D eigenvalue weighted by Crippen LogP contribution is -2.28. The Morgan fingerprint density at radius 2 is 2.15 bits per heavy atom. The molecule has 1 aromatic carbocycles. The van der Waals surface area contributed by atoms with Crippen LogP contribution in [-0.4, -0.2) is 16.2 Å². The lowest BCUT2D eigenvalue weighted by molar-refractivity contribution is 0.0696. The number of carbonyl (C=O) groups is 1. The van der Waals surface area contributed by atoms with Gasteiger partial charge in [-0.1, -0.05) is 6.07 Å². The Hall–Kier alpha value is -2.34. The first-order chi connectivity index (χ1) is 9.58. The van der Waals surface area contributed by atoms with Gasteiger partial charge < -0.3 is 20.2 Å². The van der Waals surface area contributed by atoms with Crippen LogP contribution in [0, 0.1) is 6.92 Å².